The number of nitrogens with two attached hydrogens (primary N) is 1. The lowest BCUT2D eigenvalue weighted by atomic mass is 10.1. The molecule has 0 saturated carbocycles. The summed E-state index contributed by atoms with van der Waals surface area (Å²) in [6.45, 7) is 2.20. The number of hydrogen-bond acceptors (Lipinski definition) is 4. The molecule has 3 rings (SSSR count). The van der Waals surface area contributed by atoms with Gasteiger partial charge in [-0.05, 0) is 38.1 Å². The minimum Gasteiger partial charge on any atom is -0.506 e. The summed E-state index contributed by atoms with van der Waals surface area (Å²) in [6.07, 6.45) is 0.477. The molecule has 2 heterocycles. The SMILES string of the molecule is Cc1nc2ccc3cccc(O)c3n2c(=O)c1CCN. The topological polar surface area (TPSA) is 80.6 Å². The fraction of sp³-hybridized carbons (Fsp3) is 0.200. The largest absolute Gasteiger partial charge is 0.506 e. The number of pyridine rings is 1. The summed E-state index contributed by atoms with van der Waals surface area (Å²) in [5, 5.41) is 10.9. The first-order valence-corrected chi connectivity index (χ1v) is 6.46. The molecule has 0 bridgehead atoms. The lowest BCUT2D eigenvalue weighted by Crippen LogP contribution is -2.24. The van der Waals surface area contributed by atoms with E-state index in [0.29, 0.717) is 35.4 Å². The summed E-state index contributed by atoms with van der Waals surface area (Å²) >= 11 is 0. The van der Waals surface area contributed by atoms with Crippen LogP contribution in [0.25, 0.3) is 16.6 Å². The molecular formula is C15H15N3O2. The molecule has 0 unspecified atom stereocenters. The van der Waals surface area contributed by atoms with E-state index in [2.05, 4.69) is 4.98 Å². The van der Waals surface area contributed by atoms with Crippen LogP contribution in [0.3, 0.4) is 0 Å². The van der Waals surface area contributed by atoms with Gasteiger partial charge in [0.25, 0.3) is 5.56 Å². The minimum atomic E-state index is -0.162. The third kappa shape index (κ3) is 1.75. The zero-order valence-corrected chi connectivity index (χ0v) is 11.1. The molecule has 5 nitrogen and oxygen atoms in total. The molecule has 0 atom stereocenters. The second-order valence-corrected chi connectivity index (χ2v) is 4.76. The number of para-hydroxylation sites is 1. The smallest absolute Gasteiger partial charge is 0.261 e. The average molecular weight is 269 g/mol. The van der Waals surface area contributed by atoms with Crippen molar-refractivity contribution in [1.29, 1.82) is 0 Å². The fourth-order valence-corrected chi connectivity index (χ4v) is 2.53. The number of phenols is 1. The maximum Gasteiger partial charge on any atom is 0.261 e. The first-order valence-electron chi connectivity index (χ1n) is 6.46. The highest BCUT2D eigenvalue weighted by Crippen LogP contribution is 2.24. The predicted octanol–water partition coefficient (Wildman–Crippen LogP) is 1.36. The van der Waals surface area contributed by atoms with E-state index in [4.69, 9.17) is 5.73 Å². The molecule has 5 heteroatoms. The molecule has 1 aromatic carbocycles. The van der Waals surface area contributed by atoms with Crippen molar-refractivity contribution in [2.75, 3.05) is 6.54 Å². The minimum absolute atomic E-state index is 0.0690. The van der Waals surface area contributed by atoms with Crippen LogP contribution in [0.15, 0.2) is 35.1 Å². The standard InChI is InChI=1S/C15H15N3O2/c1-9-11(7-8-16)15(20)18-13(17-9)6-5-10-3-2-4-12(19)14(10)18/h2-6,19H,7-8,16H2,1H3. The number of nitrogens with zero attached hydrogens (tertiary/aromatic N) is 2. The highest BCUT2D eigenvalue weighted by Gasteiger charge is 2.12. The van der Waals surface area contributed by atoms with Crippen LogP contribution < -0.4 is 11.3 Å². The Morgan fingerprint density at radius 1 is 1.30 bits per heavy atom. The Morgan fingerprint density at radius 2 is 2.10 bits per heavy atom. The molecule has 0 aliphatic rings. The summed E-state index contributed by atoms with van der Waals surface area (Å²) in [5.74, 6) is 0.0690. The Morgan fingerprint density at radius 3 is 2.85 bits per heavy atom. The normalized spacial score (nSPS) is 11.3. The van der Waals surface area contributed by atoms with Gasteiger partial charge in [-0.15, -0.1) is 0 Å². The number of aromatic hydroxyl groups is 1. The summed E-state index contributed by atoms with van der Waals surface area (Å²) in [7, 11) is 0. The van der Waals surface area contributed by atoms with Crippen LogP contribution in [0, 0.1) is 6.92 Å². The number of fused-ring (bicyclic) bond motifs is 3. The van der Waals surface area contributed by atoms with Gasteiger partial charge in [-0.1, -0.05) is 12.1 Å². The van der Waals surface area contributed by atoms with Crippen molar-refractivity contribution in [2.24, 2.45) is 5.73 Å². The molecule has 2 aromatic heterocycles. The monoisotopic (exact) mass is 269 g/mol. The lowest BCUT2D eigenvalue weighted by molar-refractivity contribution is 0.479. The summed E-state index contributed by atoms with van der Waals surface area (Å²) < 4.78 is 1.46. The van der Waals surface area contributed by atoms with Crippen LogP contribution >= 0.6 is 0 Å². The predicted molar refractivity (Wildman–Crippen MR) is 78.1 cm³/mol. The first-order chi connectivity index (χ1) is 9.63. The number of rotatable bonds is 2. The van der Waals surface area contributed by atoms with Crippen LogP contribution in [-0.2, 0) is 6.42 Å². The van der Waals surface area contributed by atoms with Gasteiger partial charge in [0.1, 0.15) is 11.4 Å². The molecule has 0 aliphatic heterocycles. The zero-order chi connectivity index (χ0) is 14.3. The number of benzene rings is 1. The molecule has 0 amide bonds. The van der Waals surface area contributed by atoms with Crippen molar-refractivity contribution in [1.82, 2.24) is 9.38 Å². The Kier molecular flexibility index (Phi) is 2.91. The van der Waals surface area contributed by atoms with Gasteiger partial charge in [0.15, 0.2) is 0 Å². The Hall–Kier alpha value is -2.40. The van der Waals surface area contributed by atoms with E-state index in [1.807, 2.05) is 12.1 Å². The zero-order valence-electron chi connectivity index (χ0n) is 11.1. The fourth-order valence-electron chi connectivity index (χ4n) is 2.53. The third-order valence-electron chi connectivity index (χ3n) is 3.49. The molecular weight excluding hydrogens is 254 g/mol. The second kappa shape index (κ2) is 4.61. The van der Waals surface area contributed by atoms with E-state index in [1.54, 1.807) is 25.1 Å². The van der Waals surface area contributed by atoms with Crippen LogP contribution in [0.4, 0.5) is 0 Å². The maximum absolute atomic E-state index is 12.7. The van der Waals surface area contributed by atoms with Crippen molar-refractivity contribution in [3.05, 3.63) is 51.9 Å². The summed E-state index contributed by atoms with van der Waals surface area (Å²) in [4.78, 5) is 17.1. The number of hydrogen-bond donors (Lipinski definition) is 2. The van der Waals surface area contributed by atoms with E-state index < -0.39 is 0 Å². The van der Waals surface area contributed by atoms with Gasteiger partial charge in [-0.2, -0.15) is 0 Å². The van der Waals surface area contributed by atoms with Crippen molar-refractivity contribution in [2.45, 2.75) is 13.3 Å². The van der Waals surface area contributed by atoms with Gasteiger partial charge in [0.05, 0.1) is 5.52 Å². The number of aromatic nitrogens is 2. The second-order valence-electron chi connectivity index (χ2n) is 4.76. The van der Waals surface area contributed by atoms with Crippen LogP contribution in [0.5, 0.6) is 5.75 Å². The quantitative estimate of drug-likeness (QED) is 0.688. The molecule has 102 valence electrons. The van der Waals surface area contributed by atoms with Crippen LogP contribution in [-0.4, -0.2) is 21.0 Å². The molecule has 3 aromatic rings. The van der Waals surface area contributed by atoms with E-state index in [9.17, 15) is 9.90 Å². The van der Waals surface area contributed by atoms with Gasteiger partial charge in [-0.3, -0.25) is 9.20 Å². The van der Waals surface area contributed by atoms with Crippen molar-refractivity contribution in [3.8, 4) is 5.75 Å². The summed E-state index contributed by atoms with van der Waals surface area (Å²) in [6, 6.07) is 8.79. The maximum atomic E-state index is 12.7. The first kappa shape index (κ1) is 12.6. The third-order valence-corrected chi connectivity index (χ3v) is 3.49. The molecule has 20 heavy (non-hydrogen) atoms. The lowest BCUT2D eigenvalue weighted by Gasteiger charge is -2.10. The van der Waals surface area contributed by atoms with Gasteiger partial charge in [0, 0.05) is 16.6 Å². The molecule has 0 radical (unpaired) electrons. The Balaban J connectivity index is 2.56. The highest BCUT2D eigenvalue weighted by atomic mass is 16.3. The van der Waals surface area contributed by atoms with Gasteiger partial charge < -0.3 is 10.8 Å². The van der Waals surface area contributed by atoms with E-state index in [1.165, 1.54) is 4.40 Å². The van der Waals surface area contributed by atoms with Crippen molar-refractivity contribution < 1.29 is 5.11 Å². The van der Waals surface area contributed by atoms with Gasteiger partial charge >= 0.3 is 0 Å². The van der Waals surface area contributed by atoms with Crippen LogP contribution in [0.1, 0.15) is 11.3 Å². The Bertz CT molecular complexity index is 868. The van der Waals surface area contributed by atoms with E-state index >= 15 is 0 Å². The van der Waals surface area contributed by atoms with Gasteiger partial charge in [-0.25, -0.2) is 4.98 Å². The molecule has 0 saturated heterocycles. The van der Waals surface area contributed by atoms with Crippen molar-refractivity contribution >= 4 is 16.6 Å². The van der Waals surface area contributed by atoms with Gasteiger partial charge in [0.2, 0.25) is 0 Å². The summed E-state index contributed by atoms with van der Waals surface area (Å²) in [5.41, 5.74) is 7.70. The number of aryl methyl sites for hydroxylation is 1. The average Bonchev–Trinajstić information content (AvgIpc) is 2.43. The van der Waals surface area contributed by atoms with E-state index in [-0.39, 0.29) is 11.3 Å². The molecule has 0 fully saturated rings. The Labute approximate surface area is 115 Å². The highest BCUT2D eigenvalue weighted by molar-refractivity contribution is 5.87. The van der Waals surface area contributed by atoms with E-state index in [0.717, 1.165) is 5.39 Å². The molecule has 3 N–H and O–H groups in total. The molecule has 0 aliphatic carbocycles. The molecule has 0 spiro atoms. The van der Waals surface area contributed by atoms with Crippen LogP contribution in [0.2, 0.25) is 0 Å². The van der Waals surface area contributed by atoms with Crippen molar-refractivity contribution in [3.63, 3.8) is 0 Å². The number of phenolic OH excluding ortho intramolecular Hbond substituents is 1.